The zero-order chi connectivity index (χ0) is 18.0. The van der Waals surface area contributed by atoms with Gasteiger partial charge in [-0.2, -0.15) is 0 Å². The number of benzene rings is 2. The second kappa shape index (κ2) is 7.11. The van der Waals surface area contributed by atoms with E-state index in [1.165, 1.54) is 39.0 Å². The molecule has 0 radical (unpaired) electrons. The summed E-state index contributed by atoms with van der Waals surface area (Å²) in [5.41, 5.74) is 11.4. The quantitative estimate of drug-likeness (QED) is 0.527. The van der Waals surface area contributed by atoms with E-state index in [2.05, 4.69) is 81.6 Å². The number of aryl methyl sites for hydroxylation is 2. The molecule has 0 N–H and O–H groups in total. The lowest BCUT2D eigenvalue weighted by molar-refractivity contribution is 0.937. The third kappa shape index (κ3) is 3.91. The van der Waals surface area contributed by atoms with E-state index in [0.717, 1.165) is 24.0 Å². The second-order valence-corrected chi connectivity index (χ2v) is 7.10. The molecule has 0 nitrogen and oxygen atoms in total. The molecule has 0 heteroatoms. The van der Waals surface area contributed by atoms with Crippen molar-refractivity contribution in [2.75, 3.05) is 0 Å². The molecule has 1 aliphatic carbocycles. The van der Waals surface area contributed by atoms with Crippen LogP contribution in [0.15, 0.2) is 84.0 Å². The van der Waals surface area contributed by atoms with Crippen LogP contribution in [0.2, 0.25) is 0 Å². The molecule has 2 aromatic carbocycles. The van der Waals surface area contributed by atoms with Gasteiger partial charge in [0.25, 0.3) is 0 Å². The fraction of sp³-hybridized carbons (Fsp3) is 0.200. The van der Waals surface area contributed by atoms with Gasteiger partial charge in [0.05, 0.1) is 0 Å². The first kappa shape index (κ1) is 17.2. The van der Waals surface area contributed by atoms with Crippen LogP contribution in [0.1, 0.15) is 37.0 Å². The molecule has 2 aromatic rings. The maximum Gasteiger partial charge on any atom is -0.0181 e. The predicted octanol–water partition coefficient (Wildman–Crippen LogP) is 7.07. The van der Waals surface area contributed by atoms with Crippen LogP contribution in [0.5, 0.6) is 0 Å². The van der Waals surface area contributed by atoms with Crippen molar-refractivity contribution in [1.82, 2.24) is 0 Å². The maximum absolute atomic E-state index is 4.30. The lowest BCUT2D eigenvalue weighted by Crippen LogP contribution is -2.02. The van der Waals surface area contributed by atoms with E-state index in [0.29, 0.717) is 0 Å². The highest BCUT2D eigenvalue weighted by atomic mass is 14.2. The lowest BCUT2D eigenvalue weighted by Gasteiger charge is -2.20. The van der Waals surface area contributed by atoms with Crippen molar-refractivity contribution in [3.63, 3.8) is 0 Å². The van der Waals surface area contributed by atoms with Crippen molar-refractivity contribution in [2.24, 2.45) is 0 Å². The first-order valence-electron chi connectivity index (χ1n) is 8.88. The molecular formula is C25H26. The van der Waals surface area contributed by atoms with E-state index in [9.17, 15) is 0 Å². The smallest absolute Gasteiger partial charge is 0.0181 e. The molecule has 0 atom stereocenters. The molecule has 1 aliphatic rings. The van der Waals surface area contributed by atoms with Crippen LogP contribution in [0.3, 0.4) is 0 Å². The van der Waals surface area contributed by atoms with Crippen molar-refractivity contribution in [3.8, 4) is 11.1 Å². The SMILES string of the molecule is C=C(C)/C=C(/C)C(=C)C1=Cc2ccc(-c3ccc(C)cc3)cc2CC1. The molecule has 0 amide bonds. The van der Waals surface area contributed by atoms with Crippen LogP contribution in [0.25, 0.3) is 17.2 Å². The molecule has 0 heterocycles. The Bertz CT molecular complexity index is 886. The molecule has 0 aromatic heterocycles. The van der Waals surface area contributed by atoms with Crippen LogP contribution in [-0.4, -0.2) is 0 Å². The van der Waals surface area contributed by atoms with Crippen molar-refractivity contribution in [1.29, 1.82) is 0 Å². The third-order valence-electron chi connectivity index (χ3n) is 4.85. The minimum Gasteiger partial charge on any atom is -0.0961 e. The van der Waals surface area contributed by atoms with Gasteiger partial charge in [0.2, 0.25) is 0 Å². The van der Waals surface area contributed by atoms with Crippen LogP contribution in [0, 0.1) is 6.92 Å². The number of allylic oxidation sites excluding steroid dienone is 5. The topological polar surface area (TPSA) is 0 Å². The highest BCUT2D eigenvalue weighted by Crippen LogP contribution is 2.33. The Morgan fingerprint density at radius 3 is 2.28 bits per heavy atom. The van der Waals surface area contributed by atoms with Gasteiger partial charge in [-0.25, -0.2) is 0 Å². The largest absolute Gasteiger partial charge is 0.0961 e. The van der Waals surface area contributed by atoms with E-state index < -0.39 is 0 Å². The molecule has 0 fully saturated rings. The summed E-state index contributed by atoms with van der Waals surface area (Å²) in [6, 6.07) is 15.6. The van der Waals surface area contributed by atoms with Gasteiger partial charge in [0, 0.05) is 0 Å². The molecule has 0 bridgehead atoms. The summed E-state index contributed by atoms with van der Waals surface area (Å²) < 4.78 is 0. The fourth-order valence-electron chi connectivity index (χ4n) is 3.37. The zero-order valence-electron chi connectivity index (χ0n) is 15.5. The minimum atomic E-state index is 1.05. The molecule has 126 valence electrons. The highest BCUT2D eigenvalue weighted by molar-refractivity contribution is 5.72. The molecule has 0 saturated heterocycles. The van der Waals surface area contributed by atoms with E-state index in [1.807, 2.05) is 6.92 Å². The van der Waals surface area contributed by atoms with Crippen molar-refractivity contribution in [3.05, 3.63) is 101 Å². The van der Waals surface area contributed by atoms with Gasteiger partial charge in [-0.3, -0.25) is 0 Å². The summed E-state index contributed by atoms with van der Waals surface area (Å²) in [4.78, 5) is 0. The third-order valence-corrected chi connectivity index (χ3v) is 4.85. The number of hydrogen-bond acceptors (Lipinski definition) is 0. The van der Waals surface area contributed by atoms with Crippen molar-refractivity contribution < 1.29 is 0 Å². The normalized spacial score (nSPS) is 13.9. The van der Waals surface area contributed by atoms with Gasteiger partial charge in [-0.1, -0.05) is 78.9 Å². The summed E-state index contributed by atoms with van der Waals surface area (Å²) in [7, 11) is 0. The van der Waals surface area contributed by atoms with Gasteiger partial charge < -0.3 is 0 Å². The molecular weight excluding hydrogens is 300 g/mol. The first-order valence-corrected chi connectivity index (χ1v) is 8.88. The van der Waals surface area contributed by atoms with Gasteiger partial charge in [-0.15, -0.1) is 0 Å². The van der Waals surface area contributed by atoms with Gasteiger partial charge in [0.1, 0.15) is 0 Å². The summed E-state index contributed by atoms with van der Waals surface area (Å²) in [5.74, 6) is 0. The van der Waals surface area contributed by atoms with Crippen LogP contribution in [0.4, 0.5) is 0 Å². The number of fused-ring (bicyclic) bond motifs is 1. The van der Waals surface area contributed by atoms with Crippen molar-refractivity contribution >= 4 is 6.08 Å². The number of hydrogen-bond donors (Lipinski definition) is 0. The molecule has 0 saturated carbocycles. The lowest BCUT2D eigenvalue weighted by atomic mass is 9.85. The average molecular weight is 326 g/mol. The van der Waals surface area contributed by atoms with Gasteiger partial charge in [0.15, 0.2) is 0 Å². The van der Waals surface area contributed by atoms with E-state index in [1.54, 1.807) is 0 Å². The maximum atomic E-state index is 4.30. The Labute approximate surface area is 151 Å². The molecule has 0 unspecified atom stereocenters. The Morgan fingerprint density at radius 1 is 0.920 bits per heavy atom. The standard InChI is InChI=1S/C25H26/c1-17(2)14-19(4)20(5)22-10-11-25-16-23(12-13-24(25)15-22)21-8-6-18(3)7-9-21/h6-9,12-16H,1,5,10-11H2,2-4H3/b19-14-. The second-order valence-electron chi connectivity index (χ2n) is 7.10. The summed E-state index contributed by atoms with van der Waals surface area (Å²) >= 11 is 0. The van der Waals surface area contributed by atoms with Gasteiger partial charge >= 0.3 is 0 Å². The van der Waals surface area contributed by atoms with Gasteiger partial charge in [-0.05, 0) is 72.6 Å². The van der Waals surface area contributed by atoms with E-state index in [-0.39, 0.29) is 0 Å². The Balaban J connectivity index is 1.89. The minimum absolute atomic E-state index is 1.05. The summed E-state index contributed by atoms with van der Waals surface area (Å²) in [6.45, 7) is 14.5. The van der Waals surface area contributed by atoms with E-state index in [4.69, 9.17) is 0 Å². The summed E-state index contributed by atoms with van der Waals surface area (Å²) in [5, 5.41) is 0. The predicted molar refractivity (Wildman–Crippen MR) is 111 cm³/mol. The molecule has 0 spiro atoms. The monoisotopic (exact) mass is 326 g/mol. The van der Waals surface area contributed by atoms with Crippen LogP contribution in [-0.2, 0) is 6.42 Å². The molecule has 25 heavy (non-hydrogen) atoms. The Morgan fingerprint density at radius 2 is 1.60 bits per heavy atom. The van der Waals surface area contributed by atoms with Crippen molar-refractivity contribution in [2.45, 2.75) is 33.6 Å². The fourth-order valence-corrected chi connectivity index (χ4v) is 3.37. The van der Waals surface area contributed by atoms with Crippen LogP contribution < -0.4 is 0 Å². The zero-order valence-corrected chi connectivity index (χ0v) is 15.5. The van der Waals surface area contributed by atoms with E-state index >= 15 is 0 Å². The Kier molecular flexibility index (Phi) is 4.90. The average Bonchev–Trinajstić information content (AvgIpc) is 2.60. The highest BCUT2D eigenvalue weighted by Gasteiger charge is 2.14. The first-order chi connectivity index (χ1) is 11.9. The Hall–Kier alpha value is -2.60. The molecule has 3 rings (SSSR count). The van der Waals surface area contributed by atoms with Crippen LogP contribution >= 0.6 is 0 Å². The number of rotatable bonds is 4. The summed E-state index contributed by atoms with van der Waals surface area (Å²) in [6.07, 6.45) is 6.53. The molecule has 0 aliphatic heterocycles.